The van der Waals surface area contributed by atoms with Gasteiger partial charge >= 0.3 is 0 Å². The summed E-state index contributed by atoms with van der Waals surface area (Å²) < 4.78 is 4.38. The first-order valence-electron chi connectivity index (χ1n) is 0.729. The molecule has 0 heterocycles. The topological polar surface area (TPSA) is 9.23 Å². The van der Waals surface area contributed by atoms with E-state index in [4.69, 9.17) is 0 Å². The first-order chi connectivity index (χ1) is 1.91. The summed E-state index contributed by atoms with van der Waals surface area (Å²) in [6.07, 6.45) is 0. The normalized spacial score (nSPS) is 7.50. The lowest BCUT2D eigenvalue weighted by Crippen LogP contribution is -1.46. The van der Waals surface area contributed by atoms with Crippen LogP contribution in [0, 0.1) is 0 Å². The van der Waals surface area contributed by atoms with E-state index in [0.717, 1.165) is 0 Å². The van der Waals surface area contributed by atoms with Crippen LogP contribution in [-0.4, -0.2) is 7.11 Å². The molecule has 0 radical (unpaired) electrons. The summed E-state index contributed by atoms with van der Waals surface area (Å²) in [6.45, 7) is 0. The van der Waals surface area contributed by atoms with Crippen LogP contribution in [0.15, 0.2) is 0 Å². The third kappa shape index (κ3) is 2.79. The van der Waals surface area contributed by atoms with Crippen LogP contribution in [-0.2, 0) is 4.18 Å². The van der Waals surface area contributed by atoms with Crippen LogP contribution in [0.5, 0.6) is 0 Å². The first kappa shape index (κ1) is 4.79. The van der Waals surface area contributed by atoms with Crippen LogP contribution in [0.25, 0.3) is 0 Å². The Morgan fingerprint density at radius 1 is 2.00 bits per heavy atom. The summed E-state index contributed by atoms with van der Waals surface area (Å²) >= 11 is 2.94. The average molecular weight is 143 g/mol. The van der Waals surface area contributed by atoms with Crippen molar-refractivity contribution in [1.82, 2.24) is 0 Å². The molecule has 1 nitrogen and oxygen atoms in total. The van der Waals surface area contributed by atoms with E-state index in [-0.39, 0.29) is 0 Å². The van der Waals surface area contributed by atoms with Gasteiger partial charge in [-0.25, -0.2) is 0 Å². The molecule has 0 atom stereocenters. The Balaban J connectivity index is 1.97. The highest BCUT2D eigenvalue weighted by molar-refractivity contribution is 9.49. The lowest BCUT2D eigenvalue weighted by Gasteiger charge is -1.71. The van der Waals surface area contributed by atoms with Crippen LogP contribution in [0.1, 0.15) is 0 Å². The Morgan fingerprint density at radius 2 is 2.25 bits per heavy atom. The minimum absolute atomic E-state index is 1.17. The van der Waals surface area contributed by atoms with E-state index in [2.05, 4.69) is 19.0 Å². The van der Waals surface area contributed by atoms with Crippen molar-refractivity contribution in [2.24, 2.45) is 0 Å². The van der Waals surface area contributed by atoms with Gasteiger partial charge in [0, 0.05) is 14.8 Å². The van der Waals surface area contributed by atoms with Gasteiger partial charge in [-0.15, -0.1) is 0 Å². The second-order valence-electron chi connectivity index (χ2n) is 0.230. The maximum absolute atomic E-state index is 4.38. The van der Waals surface area contributed by atoms with Gasteiger partial charge in [0.05, 0.1) is 17.6 Å². The van der Waals surface area contributed by atoms with Gasteiger partial charge in [-0.05, 0) is 0 Å². The molecule has 0 unspecified atom stereocenters. The molecule has 0 aromatic rings. The zero-order valence-corrected chi connectivity index (χ0v) is 4.60. The summed E-state index contributed by atoms with van der Waals surface area (Å²) in [5.41, 5.74) is 0. The Hall–Kier alpha value is 0.790. The quantitative estimate of drug-likeness (QED) is 0.515. The molecule has 0 rings (SSSR count). The highest BCUT2D eigenvalue weighted by atomic mass is 79.9. The molecular weight excluding hydrogens is 140 g/mol. The van der Waals surface area contributed by atoms with Gasteiger partial charge in [0.1, 0.15) is 0 Å². The van der Waals surface area contributed by atoms with Crippen molar-refractivity contribution in [1.29, 1.82) is 0 Å². The van der Waals surface area contributed by atoms with Crippen molar-refractivity contribution < 1.29 is 4.18 Å². The third-order valence-electron chi connectivity index (χ3n) is 0.0630. The molecule has 0 aliphatic heterocycles. The van der Waals surface area contributed by atoms with Crippen LogP contribution < -0.4 is 0 Å². The zero-order chi connectivity index (χ0) is 3.41. The molecule has 26 valence electrons. The van der Waals surface area contributed by atoms with Gasteiger partial charge in [0.15, 0.2) is 0 Å². The van der Waals surface area contributed by atoms with E-state index in [0.29, 0.717) is 0 Å². The summed E-state index contributed by atoms with van der Waals surface area (Å²) in [7, 11) is 2.77. The number of rotatable bonds is 1. The second kappa shape index (κ2) is 3.79. The molecule has 0 aliphatic carbocycles. The van der Waals surface area contributed by atoms with Crippen molar-refractivity contribution in [2.75, 3.05) is 7.11 Å². The fourth-order valence-corrected chi connectivity index (χ4v) is 0. The highest BCUT2D eigenvalue weighted by Gasteiger charge is 1.56. The molecule has 3 heteroatoms. The third-order valence-corrected chi connectivity index (χ3v) is 0.982. The maximum Gasteiger partial charge on any atom is 0.0718 e. The molecule has 0 spiro atoms. The molecule has 0 aromatic heterocycles. The molecule has 0 saturated carbocycles. The molecule has 0 aliphatic rings. The zero-order valence-electron chi connectivity index (χ0n) is 2.19. The molecule has 0 saturated heterocycles. The van der Waals surface area contributed by atoms with Gasteiger partial charge in [-0.3, -0.25) is 0 Å². The second-order valence-corrected chi connectivity index (χ2v) is 1.48. The fraction of sp³-hybridized carbons (Fsp3) is 1.00. The predicted molar refractivity (Wildman–Crippen MR) is 23.5 cm³/mol. The van der Waals surface area contributed by atoms with E-state index in [1.54, 1.807) is 7.11 Å². The van der Waals surface area contributed by atoms with Gasteiger partial charge in [-0.1, -0.05) is 0 Å². The standard InChI is InChI=1S/CH3BrOS/c1-3-4-2/h1H3. The van der Waals surface area contributed by atoms with Crippen molar-refractivity contribution in [2.45, 2.75) is 0 Å². The molecule has 0 N–H and O–H groups in total. The van der Waals surface area contributed by atoms with Gasteiger partial charge < -0.3 is 4.18 Å². The van der Waals surface area contributed by atoms with Crippen molar-refractivity contribution >= 4 is 25.3 Å². The van der Waals surface area contributed by atoms with Crippen molar-refractivity contribution in [3.8, 4) is 0 Å². The predicted octanol–water partition coefficient (Wildman–Crippen LogP) is 1.59. The minimum atomic E-state index is 1.17. The van der Waals surface area contributed by atoms with Gasteiger partial charge in [-0.2, -0.15) is 0 Å². The Labute approximate surface area is 37.1 Å². The van der Waals surface area contributed by atoms with Crippen LogP contribution in [0.2, 0.25) is 0 Å². The average Bonchev–Trinajstić information content (AvgIpc) is 1.37. The van der Waals surface area contributed by atoms with Crippen LogP contribution in [0.3, 0.4) is 0 Å². The molecule has 0 fully saturated rings. The molecule has 4 heavy (non-hydrogen) atoms. The Morgan fingerprint density at radius 3 is 2.25 bits per heavy atom. The smallest absolute Gasteiger partial charge is 0.0718 e. The lowest BCUT2D eigenvalue weighted by atomic mass is 11.8. The minimum Gasteiger partial charge on any atom is -0.308 e. The summed E-state index contributed by atoms with van der Waals surface area (Å²) in [4.78, 5) is 0. The summed E-state index contributed by atoms with van der Waals surface area (Å²) in [6, 6.07) is 0. The maximum atomic E-state index is 4.38. The Kier molecular flexibility index (Phi) is 4.54. The van der Waals surface area contributed by atoms with E-state index in [9.17, 15) is 0 Å². The monoisotopic (exact) mass is 142 g/mol. The molecule has 0 aromatic carbocycles. The molecule has 0 bridgehead atoms. The fourth-order valence-electron chi connectivity index (χ4n) is 0. The SMILES string of the molecule is COSBr. The van der Waals surface area contributed by atoms with Crippen molar-refractivity contribution in [3.63, 3.8) is 0 Å². The highest BCUT2D eigenvalue weighted by Crippen LogP contribution is 2.06. The van der Waals surface area contributed by atoms with E-state index in [1.165, 1.54) is 10.5 Å². The first-order valence-corrected chi connectivity index (χ1v) is 3.31. The number of halogens is 1. The lowest BCUT2D eigenvalue weighted by molar-refractivity contribution is 0.498. The number of hydrogen-bond donors (Lipinski definition) is 0. The van der Waals surface area contributed by atoms with Crippen LogP contribution >= 0.6 is 25.3 Å². The van der Waals surface area contributed by atoms with Crippen molar-refractivity contribution in [3.05, 3.63) is 0 Å². The number of hydrogen-bond acceptors (Lipinski definition) is 2. The largest absolute Gasteiger partial charge is 0.308 e. The summed E-state index contributed by atoms with van der Waals surface area (Å²) in [5.74, 6) is 0. The van der Waals surface area contributed by atoms with E-state index >= 15 is 0 Å². The van der Waals surface area contributed by atoms with Gasteiger partial charge in [0.25, 0.3) is 0 Å². The van der Waals surface area contributed by atoms with Crippen LogP contribution in [0.4, 0.5) is 0 Å². The Bertz CT molecular complexity index is 10.0. The molecular formula is CH3BrOS. The van der Waals surface area contributed by atoms with E-state index < -0.39 is 0 Å². The van der Waals surface area contributed by atoms with Gasteiger partial charge in [0.2, 0.25) is 0 Å². The van der Waals surface area contributed by atoms with E-state index in [1.807, 2.05) is 0 Å². The molecule has 0 amide bonds. The summed E-state index contributed by atoms with van der Waals surface area (Å²) in [5, 5.41) is 0.